The fourth-order valence-electron chi connectivity index (χ4n) is 3.25. The molecule has 2 aromatic carbocycles. The quantitative estimate of drug-likeness (QED) is 0.769. The topological polar surface area (TPSA) is 32.3 Å². The van der Waals surface area contributed by atoms with Crippen molar-refractivity contribution < 1.29 is 18.0 Å². The van der Waals surface area contributed by atoms with Crippen molar-refractivity contribution in [2.75, 3.05) is 18.4 Å². The van der Waals surface area contributed by atoms with Crippen LogP contribution in [-0.4, -0.2) is 23.9 Å². The first-order chi connectivity index (χ1) is 12.8. The SMILES string of the molecule is O=C(Nc1ccc(C(F)(F)F)cc1)C1CCCN(Cc2ccc(Cl)cc2)C1. The minimum atomic E-state index is -4.38. The number of halogens is 4. The van der Waals surface area contributed by atoms with Gasteiger partial charge in [0.05, 0.1) is 11.5 Å². The smallest absolute Gasteiger partial charge is 0.326 e. The van der Waals surface area contributed by atoms with Gasteiger partial charge in [0.15, 0.2) is 0 Å². The highest BCUT2D eigenvalue weighted by Gasteiger charge is 2.30. The summed E-state index contributed by atoms with van der Waals surface area (Å²) >= 11 is 5.90. The zero-order valence-corrected chi connectivity index (χ0v) is 15.4. The molecule has 1 aliphatic heterocycles. The lowest BCUT2D eigenvalue weighted by Crippen LogP contribution is -2.40. The van der Waals surface area contributed by atoms with Gasteiger partial charge in [-0.15, -0.1) is 0 Å². The Morgan fingerprint density at radius 2 is 1.78 bits per heavy atom. The van der Waals surface area contributed by atoms with E-state index >= 15 is 0 Å². The Morgan fingerprint density at radius 3 is 2.41 bits per heavy atom. The normalized spacial score (nSPS) is 18.3. The number of hydrogen-bond donors (Lipinski definition) is 1. The van der Waals surface area contributed by atoms with Crippen LogP contribution in [-0.2, 0) is 17.5 Å². The summed E-state index contributed by atoms with van der Waals surface area (Å²) in [6, 6.07) is 12.1. The average molecular weight is 397 g/mol. The number of amides is 1. The third kappa shape index (κ3) is 5.47. The van der Waals surface area contributed by atoms with Gasteiger partial charge in [-0.05, 0) is 61.3 Å². The fraction of sp³-hybridized carbons (Fsp3) is 0.350. The van der Waals surface area contributed by atoms with E-state index in [0.29, 0.717) is 17.3 Å². The van der Waals surface area contributed by atoms with Crippen molar-refractivity contribution in [1.29, 1.82) is 0 Å². The van der Waals surface area contributed by atoms with Gasteiger partial charge in [0.1, 0.15) is 0 Å². The van der Waals surface area contributed by atoms with Crippen molar-refractivity contribution in [3.63, 3.8) is 0 Å². The Hall–Kier alpha value is -2.05. The van der Waals surface area contributed by atoms with E-state index in [-0.39, 0.29) is 11.8 Å². The minimum absolute atomic E-state index is 0.157. The molecule has 0 bridgehead atoms. The summed E-state index contributed by atoms with van der Waals surface area (Å²) in [4.78, 5) is 14.7. The molecular weight excluding hydrogens is 377 g/mol. The lowest BCUT2D eigenvalue weighted by atomic mass is 9.96. The second-order valence-corrected chi connectivity index (χ2v) is 7.20. The van der Waals surface area contributed by atoms with Crippen LogP contribution in [0.25, 0.3) is 0 Å². The number of benzene rings is 2. The first-order valence-corrected chi connectivity index (χ1v) is 9.14. The lowest BCUT2D eigenvalue weighted by Gasteiger charge is -2.32. The molecule has 1 atom stereocenters. The number of alkyl halides is 3. The van der Waals surface area contributed by atoms with Gasteiger partial charge in [-0.1, -0.05) is 23.7 Å². The molecular formula is C20H20ClF3N2O. The van der Waals surface area contributed by atoms with E-state index in [0.717, 1.165) is 43.6 Å². The molecule has 1 unspecified atom stereocenters. The zero-order valence-electron chi connectivity index (χ0n) is 14.6. The number of anilines is 1. The summed E-state index contributed by atoms with van der Waals surface area (Å²) in [6.07, 6.45) is -2.71. The van der Waals surface area contributed by atoms with Crippen molar-refractivity contribution >= 4 is 23.2 Å². The number of carbonyl (C=O) groups is 1. The van der Waals surface area contributed by atoms with E-state index in [2.05, 4.69) is 10.2 Å². The highest BCUT2D eigenvalue weighted by Crippen LogP contribution is 2.30. The maximum absolute atomic E-state index is 12.6. The molecule has 0 saturated carbocycles. The third-order valence-corrected chi connectivity index (χ3v) is 4.93. The van der Waals surface area contributed by atoms with Gasteiger partial charge < -0.3 is 5.32 Å². The minimum Gasteiger partial charge on any atom is -0.326 e. The monoisotopic (exact) mass is 396 g/mol. The van der Waals surface area contributed by atoms with Crippen LogP contribution in [0, 0.1) is 5.92 Å². The molecule has 7 heteroatoms. The van der Waals surface area contributed by atoms with Crippen LogP contribution in [0.4, 0.5) is 18.9 Å². The number of hydrogen-bond acceptors (Lipinski definition) is 2. The summed E-state index contributed by atoms with van der Waals surface area (Å²) in [5.74, 6) is -0.344. The Bertz CT molecular complexity index is 775. The van der Waals surface area contributed by atoms with Gasteiger partial charge in [0.2, 0.25) is 5.91 Å². The first-order valence-electron chi connectivity index (χ1n) is 8.76. The molecule has 1 amide bonds. The molecule has 3 rings (SSSR count). The molecule has 0 aliphatic carbocycles. The van der Waals surface area contributed by atoms with Gasteiger partial charge >= 0.3 is 6.18 Å². The van der Waals surface area contributed by atoms with E-state index in [9.17, 15) is 18.0 Å². The number of likely N-dealkylation sites (tertiary alicyclic amines) is 1. The number of nitrogens with one attached hydrogen (secondary N) is 1. The van der Waals surface area contributed by atoms with Crippen molar-refractivity contribution in [3.8, 4) is 0 Å². The highest BCUT2D eigenvalue weighted by atomic mass is 35.5. The maximum Gasteiger partial charge on any atom is 0.416 e. The van der Waals surface area contributed by atoms with E-state index in [1.807, 2.05) is 24.3 Å². The standard InChI is InChI=1S/C20H20ClF3N2O/c21-17-7-3-14(4-8-17)12-26-11-1-2-15(13-26)19(27)25-18-9-5-16(6-10-18)20(22,23)24/h3-10,15H,1-2,11-13H2,(H,25,27). The van der Waals surface area contributed by atoms with E-state index in [1.165, 1.54) is 12.1 Å². The second-order valence-electron chi connectivity index (χ2n) is 6.77. The van der Waals surface area contributed by atoms with Crippen molar-refractivity contribution in [1.82, 2.24) is 4.90 Å². The Balaban J connectivity index is 1.57. The highest BCUT2D eigenvalue weighted by molar-refractivity contribution is 6.30. The van der Waals surface area contributed by atoms with Gasteiger partial charge in [-0.3, -0.25) is 9.69 Å². The van der Waals surface area contributed by atoms with Crippen LogP contribution < -0.4 is 5.32 Å². The molecule has 144 valence electrons. The summed E-state index contributed by atoms with van der Waals surface area (Å²) in [5.41, 5.74) is 0.776. The van der Waals surface area contributed by atoms with Gasteiger partial charge in [-0.25, -0.2) is 0 Å². The summed E-state index contributed by atoms with van der Waals surface area (Å²) in [5, 5.41) is 3.42. The van der Waals surface area contributed by atoms with Gasteiger partial charge in [-0.2, -0.15) is 13.2 Å². The molecule has 27 heavy (non-hydrogen) atoms. The predicted octanol–water partition coefficient (Wildman–Crippen LogP) is 5.21. The van der Waals surface area contributed by atoms with Crippen LogP contribution in [0.3, 0.4) is 0 Å². The molecule has 1 heterocycles. The predicted molar refractivity (Wildman–Crippen MR) is 99.5 cm³/mol. The molecule has 0 radical (unpaired) electrons. The maximum atomic E-state index is 12.6. The molecule has 0 aromatic heterocycles. The van der Waals surface area contributed by atoms with Crippen LogP contribution in [0.15, 0.2) is 48.5 Å². The summed E-state index contributed by atoms with van der Waals surface area (Å²) in [7, 11) is 0. The number of nitrogens with zero attached hydrogens (tertiary/aromatic N) is 1. The molecule has 1 saturated heterocycles. The molecule has 0 spiro atoms. The number of rotatable bonds is 4. The Morgan fingerprint density at radius 1 is 1.11 bits per heavy atom. The summed E-state index contributed by atoms with van der Waals surface area (Å²) < 4.78 is 37.9. The van der Waals surface area contributed by atoms with Crippen molar-refractivity contribution in [2.24, 2.45) is 5.92 Å². The average Bonchev–Trinajstić information content (AvgIpc) is 2.63. The zero-order chi connectivity index (χ0) is 19.4. The third-order valence-electron chi connectivity index (χ3n) is 4.68. The summed E-state index contributed by atoms with van der Waals surface area (Å²) in [6.45, 7) is 2.27. The van der Waals surface area contributed by atoms with Crippen molar-refractivity contribution in [3.05, 3.63) is 64.7 Å². The molecule has 3 nitrogen and oxygen atoms in total. The van der Waals surface area contributed by atoms with E-state index in [1.54, 1.807) is 0 Å². The van der Waals surface area contributed by atoms with Crippen LogP contribution in [0.5, 0.6) is 0 Å². The Labute approximate surface area is 161 Å². The first kappa shape index (κ1) is 19.7. The second kappa shape index (κ2) is 8.31. The molecule has 1 fully saturated rings. The largest absolute Gasteiger partial charge is 0.416 e. The van der Waals surface area contributed by atoms with Crippen LogP contribution in [0.2, 0.25) is 5.02 Å². The van der Waals surface area contributed by atoms with Gasteiger partial charge in [0.25, 0.3) is 0 Å². The molecule has 1 aliphatic rings. The van der Waals surface area contributed by atoms with E-state index < -0.39 is 11.7 Å². The molecule has 1 N–H and O–H groups in total. The van der Waals surface area contributed by atoms with E-state index in [4.69, 9.17) is 11.6 Å². The number of piperidine rings is 1. The number of carbonyl (C=O) groups excluding carboxylic acids is 1. The van der Waals surface area contributed by atoms with Crippen LogP contribution in [0.1, 0.15) is 24.0 Å². The lowest BCUT2D eigenvalue weighted by molar-refractivity contribution is -0.137. The molecule has 2 aromatic rings. The Kier molecular flexibility index (Phi) is 6.07. The fourth-order valence-corrected chi connectivity index (χ4v) is 3.37. The van der Waals surface area contributed by atoms with Gasteiger partial charge in [0, 0.05) is 23.8 Å². The van der Waals surface area contributed by atoms with Crippen LogP contribution >= 0.6 is 11.6 Å². The van der Waals surface area contributed by atoms with Crippen molar-refractivity contribution in [2.45, 2.75) is 25.6 Å².